The first kappa shape index (κ1) is 14.8. The molecule has 2 heterocycles. The minimum atomic E-state index is -1.06. The van der Waals surface area contributed by atoms with Crippen LogP contribution in [0.4, 0.5) is 5.00 Å². The van der Waals surface area contributed by atoms with Gasteiger partial charge < -0.3 is 20.2 Å². The molecule has 21 heavy (non-hydrogen) atoms. The van der Waals surface area contributed by atoms with E-state index in [1.807, 2.05) is 0 Å². The van der Waals surface area contributed by atoms with Gasteiger partial charge in [-0.05, 0) is 31.2 Å². The third-order valence-electron chi connectivity index (χ3n) is 2.55. The van der Waals surface area contributed by atoms with Crippen molar-refractivity contribution in [3.8, 4) is 0 Å². The van der Waals surface area contributed by atoms with E-state index in [1.54, 1.807) is 6.07 Å². The zero-order valence-corrected chi connectivity index (χ0v) is 11.8. The van der Waals surface area contributed by atoms with Crippen molar-refractivity contribution in [3.05, 3.63) is 41.2 Å². The van der Waals surface area contributed by atoms with Gasteiger partial charge in [0, 0.05) is 0 Å². The molecule has 2 aromatic heterocycles. The molecule has 0 bridgehead atoms. The van der Waals surface area contributed by atoms with Gasteiger partial charge in [-0.3, -0.25) is 9.59 Å². The van der Waals surface area contributed by atoms with Crippen LogP contribution in [-0.4, -0.2) is 28.9 Å². The van der Waals surface area contributed by atoms with Crippen molar-refractivity contribution in [2.45, 2.75) is 13.0 Å². The fourth-order valence-electron chi connectivity index (χ4n) is 1.49. The first-order valence-electron chi connectivity index (χ1n) is 5.95. The summed E-state index contributed by atoms with van der Waals surface area (Å²) < 4.78 is 4.92. The van der Waals surface area contributed by atoms with E-state index in [1.165, 1.54) is 31.4 Å². The van der Waals surface area contributed by atoms with Crippen LogP contribution in [0, 0.1) is 0 Å². The summed E-state index contributed by atoms with van der Waals surface area (Å²) in [6.07, 6.45) is 1.36. The Balaban J connectivity index is 1.93. The Morgan fingerprint density at radius 2 is 2.05 bits per heavy atom. The lowest BCUT2D eigenvalue weighted by Gasteiger charge is -2.12. The van der Waals surface area contributed by atoms with E-state index in [9.17, 15) is 14.4 Å². The third kappa shape index (κ3) is 3.69. The van der Waals surface area contributed by atoms with Gasteiger partial charge in [-0.25, -0.2) is 4.79 Å². The van der Waals surface area contributed by atoms with Crippen molar-refractivity contribution in [1.29, 1.82) is 0 Å². The highest BCUT2D eigenvalue weighted by atomic mass is 32.1. The Morgan fingerprint density at radius 1 is 1.29 bits per heavy atom. The van der Waals surface area contributed by atoms with Gasteiger partial charge in [-0.15, -0.1) is 11.3 Å². The van der Waals surface area contributed by atoms with E-state index in [2.05, 4.69) is 10.6 Å². The van der Waals surface area contributed by atoms with E-state index in [0.29, 0.717) is 5.00 Å². The molecular weight excluding hydrogens is 296 g/mol. The monoisotopic (exact) mass is 308 g/mol. The zero-order chi connectivity index (χ0) is 15.4. The average molecular weight is 308 g/mol. The van der Waals surface area contributed by atoms with Crippen molar-refractivity contribution in [3.63, 3.8) is 0 Å². The van der Waals surface area contributed by atoms with Crippen LogP contribution >= 0.6 is 11.3 Å². The molecule has 0 fully saturated rings. The summed E-state index contributed by atoms with van der Waals surface area (Å²) in [4.78, 5) is 34.5. The molecule has 0 spiro atoms. The minimum Gasteiger partial charge on any atom is -0.477 e. The standard InChI is InChI=1S/C13H12N2O5S/c1-7(14-12(17)8-3-2-6-20-8)11(16)15-10-5-4-9(21-10)13(18)19/h2-7H,1H3,(H,14,17)(H,15,16)(H,18,19). The molecule has 0 aromatic carbocycles. The van der Waals surface area contributed by atoms with Crippen LogP contribution in [0.5, 0.6) is 0 Å². The van der Waals surface area contributed by atoms with Crippen LogP contribution in [0.1, 0.15) is 27.2 Å². The van der Waals surface area contributed by atoms with Crippen LogP contribution in [0.3, 0.4) is 0 Å². The maximum Gasteiger partial charge on any atom is 0.345 e. The third-order valence-corrected chi connectivity index (χ3v) is 3.54. The molecule has 1 atom stereocenters. The number of aromatic carboxylic acids is 1. The molecule has 0 aliphatic carbocycles. The Hall–Kier alpha value is -2.61. The number of hydrogen-bond donors (Lipinski definition) is 3. The maximum absolute atomic E-state index is 11.9. The number of nitrogens with one attached hydrogen (secondary N) is 2. The quantitative estimate of drug-likeness (QED) is 0.780. The van der Waals surface area contributed by atoms with E-state index >= 15 is 0 Å². The van der Waals surface area contributed by atoms with Crippen molar-refractivity contribution in [2.75, 3.05) is 5.32 Å². The number of anilines is 1. The van der Waals surface area contributed by atoms with Crippen molar-refractivity contribution in [2.24, 2.45) is 0 Å². The predicted molar refractivity (Wildman–Crippen MR) is 75.5 cm³/mol. The van der Waals surface area contributed by atoms with Gasteiger partial charge in [0.1, 0.15) is 10.9 Å². The summed E-state index contributed by atoms with van der Waals surface area (Å²) in [5.41, 5.74) is 0. The van der Waals surface area contributed by atoms with Gasteiger partial charge >= 0.3 is 5.97 Å². The lowest BCUT2D eigenvalue weighted by atomic mass is 10.3. The number of rotatable bonds is 5. The van der Waals surface area contributed by atoms with E-state index < -0.39 is 23.8 Å². The normalized spacial score (nSPS) is 11.7. The summed E-state index contributed by atoms with van der Waals surface area (Å²) in [6, 6.07) is 5.15. The van der Waals surface area contributed by atoms with E-state index in [-0.39, 0.29) is 10.6 Å². The summed E-state index contributed by atoms with van der Waals surface area (Å²) in [6.45, 7) is 1.52. The fourth-order valence-corrected chi connectivity index (χ4v) is 2.24. The number of carbonyl (C=O) groups is 3. The fraction of sp³-hybridized carbons (Fsp3) is 0.154. The van der Waals surface area contributed by atoms with Gasteiger partial charge in [0.05, 0.1) is 11.3 Å². The Kier molecular flexibility index (Phi) is 4.39. The summed E-state index contributed by atoms with van der Waals surface area (Å²) in [5, 5.41) is 14.2. The second kappa shape index (κ2) is 6.23. The van der Waals surface area contributed by atoms with Crippen molar-refractivity contribution >= 4 is 34.1 Å². The molecule has 2 rings (SSSR count). The molecular formula is C13H12N2O5S. The van der Waals surface area contributed by atoms with Gasteiger partial charge in [0.25, 0.3) is 5.91 Å². The number of carbonyl (C=O) groups excluding carboxylic acids is 2. The first-order chi connectivity index (χ1) is 9.97. The Labute approximate surface area is 123 Å². The molecule has 7 nitrogen and oxygen atoms in total. The van der Waals surface area contributed by atoms with Crippen LogP contribution in [-0.2, 0) is 4.79 Å². The molecule has 0 saturated heterocycles. The summed E-state index contributed by atoms with van der Waals surface area (Å²) in [5.74, 6) is -1.90. The highest BCUT2D eigenvalue weighted by Gasteiger charge is 2.19. The van der Waals surface area contributed by atoms with Crippen LogP contribution in [0.2, 0.25) is 0 Å². The number of thiophene rings is 1. The molecule has 8 heteroatoms. The molecule has 0 aliphatic rings. The van der Waals surface area contributed by atoms with Crippen molar-refractivity contribution in [1.82, 2.24) is 5.32 Å². The van der Waals surface area contributed by atoms with Crippen LogP contribution in [0.25, 0.3) is 0 Å². The second-order valence-corrected chi connectivity index (χ2v) is 5.21. The summed E-state index contributed by atoms with van der Waals surface area (Å²) in [7, 11) is 0. The lowest BCUT2D eigenvalue weighted by Crippen LogP contribution is -2.41. The van der Waals surface area contributed by atoms with E-state index in [4.69, 9.17) is 9.52 Å². The number of amides is 2. The van der Waals surface area contributed by atoms with Gasteiger partial charge in [-0.1, -0.05) is 0 Å². The van der Waals surface area contributed by atoms with Crippen molar-refractivity contribution < 1.29 is 23.9 Å². The first-order valence-corrected chi connectivity index (χ1v) is 6.77. The van der Waals surface area contributed by atoms with Gasteiger partial charge in [-0.2, -0.15) is 0 Å². The van der Waals surface area contributed by atoms with Gasteiger partial charge in [0.2, 0.25) is 5.91 Å². The number of furan rings is 1. The number of carboxylic acid groups (broad SMARTS) is 1. The van der Waals surface area contributed by atoms with Gasteiger partial charge in [0.15, 0.2) is 5.76 Å². The lowest BCUT2D eigenvalue weighted by molar-refractivity contribution is -0.117. The minimum absolute atomic E-state index is 0.110. The zero-order valence-electron chi connectivity index (χ0n) is 11.0. The molecule has 110 valence electrons. The SMILES string of the molecule is CC(NC(=O)c1ccco1)C(=O)Nc1ccc(C(=O)O)s1. The Bertz CT molecular complexity index is 662. The smallest absolute Gasteiger partial charge is 0.345 e. The van der Waals surface area contributed by atoms with Crippen LogP contribution in [0.15, 0.2) is 34.9 Å². The molecule has 3 N–H and O–H groups in total. The molecule has 0 radical (unpaired) electrons. The Morgan fingerprint density at radius 3 is 2.62 bits per heavy atom. The number of hydrogen-bond acceptors (Lipinski definition) is 5. The van der Waals surface area contributed by atoms with Crippen LogP contribution < -0.4 is 10.6 Å². The average Bonchev–Trinajstić information content (AvgIpc) is 3.09. The highest BCUT2D eigenvalue weighted by Crippen LogP contribution is 2.21. The predicted octanol–water partition coefficient (Wildman–Crippen LogP) is 1.80. The molecule has 0 aliphatic heterocycles. The second-order valence-electron chi connectivity index (χ2n) is 4.13. The topological polar surface area (TPSA) is 109 Å². The molecule has 0 saturated carbocycles. The molecule has 1 unspecified atom stereocenters. The molecule has 2 aromatic rings. The molecule has 2 amide bonds. The summed E-state index contributed by atoms with van der Waals surface area (Å²) >= 11 is 0.941. The number of carboxylic acids is 1. The largest absolute Gasteiger partial charge is 0.477 e. The highest BCUT2D eigenvalue weighted by molar-refractivity contribution is 7.18. The maximum atomic E-state index is 11.9. The van der Waals surface area contributed by atoms with E-state index in [0.717, 1.165) is 11.3 Å².